The zero-order valence-electron chi connectivity index (χ0n) is 18.7. The Bertz CT molecular complexity index is 1180. The monoisotopic (exact) mass is 449 g/mol. The fraction of sp³-hybridized carbons (Fsp3) is 0.417. The van der Waals surface area contributed by atoms with E-state index >= 15 is 0 Å². The van der Waals surface area contributed by atoms with Gasteiger partial charge in [-0.2, -0.15) is 5.10 Å². The van der Waals surface area contributed by atoms with Crippen molar-refractivity contribution in [3.8, 4) is 0 Å². The summed E-state index contributed by atoms with van der Waals surface area (Å²) >= 11 is 0. The van der Waals surface area contributed by atoms with Gasteiger partial charge in [0.2, 0.25) is 5.91 Å². The summed E-state index contributed by atoms with van der Waals surface area (Å²) in [4.78, 5) is 38.8. The first kappa shape index (κ1) is 21.4. The normalized spacial score (nSPS) is 22.2. The lowest BCUT2D eigenvalue weighted by Gasteiger charge is -2.31. The molecule has 2 aromatic rings. The van der Waals surface area contributed by atoms with Crippen LogP contribution < -0.4 is 16.0 Å². The molecule has 0 bridgehead atoms. The van der Waals surface area contributed by atoms with Crippen molar-refractivity contribution in [2.24, 2.45) is 13.0 Å². The maximum Gasteiger partial charge on any atom is 0.274 e. The third kappa shape index (κ3) is 3.62. The molecule has 0 radical (unpaired) electrons. The summed E-state index contributed by atoms with van der Waals surface area (Å²) in [5, 5.41) is 12.7. The van der Waals surface area contributed by atoms with Crippen LogP contribution in [0.3, 0.4) is 0 Å². The molecular weight excluding hydrogens is 422 g/mol. The molecular formula is C24H27N5O4. The minimum absolute atomic E-state index is 0.0150. The molecule has 1 saturated heterocycles. The van der Waals surface area contributed by atoms with E-state index in [0.29, 0.717) is 43.1 Å². The van der Waals surface area contributed by atoms with E-state index in [1.54, 1.807) is 19.2 Å². The quantitative estimate of drug-likeness (QED) is 0.621. The van der Waals surface area contributed by atoms with Gasteiger partial charge >= 0.3 is 0 Å². The zero-order chi connectivity index (χ0) is 23.2. The number of nitrogens with one attached hydrogen (secondary N) is 3. The maximum absolute atomic E-state index is 13.2. The molecule has 1 aromatic heterocycles. The lowest BCUT2D eigenvalue weighted by Crippen LogP contribution is -2.39. The number of benzene rings is 1. The minimum atomic E-state index is -0.554. The van der Waals surface area contributed by atoms with Gasteiger partial charge in [-0.25, -0.2) is 0 Å². The highest BCUT2D eigenvalue weighted by Gasteiger charge is 2.47. The molecule has 5 rings (SSSR count). The van der Waals surface area contributed by atoms with Gasteiger partial charge in [0.25, 0.3) is 11.8 Å². The van der Waals surface area contributed by atoms with Gasteiger partial charge in [-0.15, -0.1) is 0 Å². The molecule has 2 aliphatic heterocycles. The van der Waals surface area contributed by atoms with E-state index in [4.69, 9.17) is 4.74 Å². The number of hydrogen-bond donors (Lipinski definition) is 3. The van der Waals surface area contributed by atoms with Gasteiger partial charge in [0.15, 0.2) is 0 Å². The fourth-order valence-electron chi connectivity index (χ4n) is 4.92. The number of carbonyl (C=O) groups is 3. The van der Waals surface area contributed by atoms with E-state index in [-0.39, 0.29) is 29.3 Å². The highest BCUT2D eigenvalue weighted by Crippen LogP contribution is 2.45. The van der Waals surface area contributed by atoms with Crippen LogP contribution >= 0.6 is 0 Å². The smallest absolute Gasteiger partial charge is 0.274 e. The molecule has 2 fully saturated rings. The topological polar surface area (TPSA) is 114 Å². The molecule has 1 spiro atoms. The minimum Gasteiger partial charge on any atom is -0.381 e. The lowest BCUT2D eigenvalue weighted by atomic mass is 9.75. The molecule has 9 nitrogen and oxygen atoms in total. The molecule has 172 valence electrons. The Morgan fingerprint density at radius 3 is 2.67 bits per heavy atom. The van der Waals surface area contributed by atoms with Gasteiger partial charge in [0, 0.05) is 37.8 Å². The van der Waals surface area contributed by atoms with Crippen LogP contribution in [0.15, 0.2) is 41.7 Å². The van der Waals surface area contributed by atoms with E-state index in [0.717, 1.165) is 24.0 Å². The number of aryl methyl sites for hydroxylation is 1. The van der Waals surface area contributed by atoms with E-state index in [9.17, 15) is 14.4 Å². The van der Waals surface area contributed by atoms with Crippen LogP contribution in [0.1, 0.15) is 48.7 Å². The summed E-state index contributed by atoms with van der Waals surface area (Å²) in [5.41, 5.74) is 3.25. The van der Waals surface area contributed by atoms with Gasteiger partial charge in [-0.1, -0.05) is 13.0 Å². The van der Waals surface area contributed by atoms with Crippen LogP contribution in [-0.4, -0.2) is 40.7 Å². The highest BCUT2D eigenvalue weighted by molar-refractivity contribution is 6.10. The first-order chi connectivity index (χ1) is 15.9. The van der Waals surface area contributed by atoms with Crippen LogP contribution in [0, 0.1) is 5.92 Å². The number of hydrogen-bond acceptors (Lipinski definition) is 5. The van der Waals surface area contributed by atoms with Crippen LogP contribution in [0.2, 0.25) is 0 Å². The molecule has 3 N–H and O–H groups in total. The largest absolute Gasteiger partial charge is 0.381 e. The second-order valence-electron chi connectivity index (χ2n) is 9.00. The van der Waals surface area contributed by atoms with Crippen molar-refractivity contribution in [3.63, 3.8) is 0 Å². The average molecular weight is 450 g/mol. The molecule has 1 saturated carbocycles. The first-order valence-corrected chi connectivity index (χ1v) is 11.3. The Kier molecular flexibility index (Phi) is 5.28. The molecule has 33 heavy (non-hydrogen) atoms. The number of fused-ring (bicyclic) bond motifs is 2. The number of ether oxygens (including phenoxy) is 1. The molecule has 3 heterocycles. The highest BCUT2D eigenvalue weighted by atomic mass is 16.5. The van der Waals surface area contributed by atoms with E-state index in [1.807, 2.05) is 19.1 Å². The van der Waals surface area contributed by atoms with Crippen molar-refractivity contribution >= 4 is 29.1 Å². The number of amides is 3. The Labute approximate surface area is 191 Å². The third-order valence-corrected chi connectivity index (χ3v) is 7.10. The molecule has 1 aliphatic carbocycles. The van der Waals surface area contributed by atoms with Crippen molar-refractivity contribution in [3.05, 3.63) is 53.0 Å². The zero-order valence-corrected chi connectivity index (χ0v) is 18.7. The first-order valence-electron chi connectivity index (χ1n) is 11.3. The van der Waals surface area contributed by atoms with Crippen LogP contribution in [0.5, 0.6) is 0 Å². The third-order valence-electron chi connectivity index (χ3n) is 7.10. The van der Waals surface area contributed by atoms with Crippen molar-refractivity contribution in [1.82, 2.24) is 15.1 Å². The summed E-state index contributed by atoms with van der Waals surface area (Å²) in [5.74, 6) is -0.546. The number of carbonyl (C=O) groups excluding carboxylic acids is 3. The van der Waals surface area contributed by atoms with Crippen LogP contribution in [0.25, 0.3) is 0 Å². The standard InChI is InChI=1S/C24H27N5O4/c1-14-3-5-16(14)20(28-21(30)19-7-10-25-29(19)2)22(31)26-15-4-6-17-18(13-15)27-23(32)24(17)8-11-33-12-9-24/h4,6-7,10,13-14H,3,5,8-9,11-12H2,1-2H3,(H,26,31)(H,27,32)(H,28,30). The number of nitrogens with zero attached hydrogens (tertiary/aromatic N) is 2. The maximum atomic E-state index is 13.2. The molecule has 1 unspecified atom stereocenters. The van der Waals surface area contributed by atoms with E-state index in [2.05, 4.69) is 21.0 Å². The predicted molar refractivity (Wildman–Crippen MR) is 122 cm³/mol. The van der Waals surface area contributed by atoms with Crippen molar-refractivity contribution < 1.29 is 19.1 Å². The average Bonchev–Trinajstić information content (AvgIpc) is 3.33. The molecule has 9 heteroatoms. The summed E-state index contributed by atoms with van der Waals surface area (Å²) in [7, 11) is 1.68. The lowest BCUT2D eigenvalue weighted by molar-refractivity contribution is -0.124. The SMILES string of the molecule is CC1CCC1=C(NC(=O)c1ccnn1C)C(=O)Nc1ccc2c(c1)NC(=O)C21CCOCC1. The molecule has 1 aromatic carbocycles. The van der Waals surface area contributed by atoms with Crippen molar-refractivity contribution in [2.75, 3.05) is 23.8 Å². The number of rotatable bonds is 4. The second kappa shape index (κ2) is 8.15. The Morgan fingerprint density at radius 2 is 2.03 bits per heavy atom. The van der Waals surface area contributed by atoms with E-state index < -0.39 is 5.41 Å². The summed E-state index contributed by atoms with van der Waals surface area (Å²) in [6.07, 6.45) is 4.57. The predicted octanol–water partition coefficient (Wildman–Crippen LogP) is 2.47. The van der Waals surface area contributed by atoms with Gasteiger partial charge in [-0.3, -0.25) is 19.1 Å². The van der Waals surface area contributed by atoms with Crippen molar-refractivity contribution in [2.45, 2.75) is 38.0 Å². The Morgan fingerprint density at radius 1 is 1.24 bits per heavy atom. The summed E-state index contributed by atoms with van der Waals surface area (Å²) < 4.78 is 6.92. The summed E-state index contributed by atoms with van der Waals surface area (Å²) in [6.45, 7) is 3.15. The molecule has 1 atom stereocenters. The molecule has 3 aliphatic rings. The van der Waals surface area contributed by atoms with Crippen LogP contribution in [-0.2, 0) is 26.8 Å². The van der Waals surface area contributed by atoms with Gasteiger partial charge in [0.05, 0.1) is 5.41 Å². The molecule has 3 amide bonds. The second-order valence-corrected chi connectivity index (χ2v) is 9.00. The van der Waals surface area contributed by atoms with Crippen LogP contribution in [0.4, 0.5) is 11.4 Å². The van der Waals surface area contributed by atoms with Gasteiger partial charge in [0.1, 0.15) is 11.4 Å². The summed E-state index contributed by atoms with van der Waals surface area (Å²) in [6, 6.07) is 7.10. The number of anilines is 2. The Hall–Kier alpha value is -3.46. The fourth-order valence-corrected chi connectivity index (χ4v) is 4.92. The number of aromatic nitrogens is 2. The van der Waals surface area contributed by atoms with Gasteiger partial charge in [-0.05, 0) is 60.9 Å². The van der Waals surface area contributed by atoms with Crippen molar-refractivity contribution in [1.29, 1.82) is 0 Å². The Balaban J connectivity index is 1.38. The van der Waals surface area contributed by atoms with Gasteiger partial charge < -0.3 is 20.7 Å². The van der Waals surface area contributed by atoms with E-state index in [1.165, 1.54) is 10.9 Å². The number of allylic oxidation sites excluding steroid dienone is 1.